The number of ketones is 1. The maximum absolute atomic E-state index is 11.8. The zero-order chi connectivity index (χ0) is 12.8. The van der Waals surface area contributed by atoms with Crippen molar-refractivity contribution in [2.45, 2.75) is 52.5 Å². The van der Waals surface area contributed by atoms with E-state index in [1.54, 1.807) is 0 Å². The number of carbonyl (C=O) groups excluding carboxylic acids is 1. The second-order valence-corrected chi connectivity index (χ2v) is 4.89. The number of carbonyl (C=O) groups is 1. The first-order valence-electron chi connectivity index (χ1n) is 6.36. The molecule has 0 saturated heterocycles. The molecule has 17 heavy (non-hydrogen) atoms. The third-order valence-electron chi connectivity index (χ3n) is 3.12. The summed E-state index contributed by atoms with van der Waals surface area (Å²) in [5.74, 6) is 0.245. The molecule has 94 valence electrons. The maximum atomic E-state index is 11.8. The standard InChI is InChI=1S/C15H23NO/c1-4-5-14(16)10-15(17)9-13-7-6-11(2)12(3)8-13/h6-8,14H,4-5,9-10,16H2,1-3H3. The van der Waals surface area contributed by atoms with Crippen molar-refractivity contribution in [2.75, 3.05) is 0 Å². The molecule has 2 heteroatoms. The first-order valence-corrected chi connectivity index (χ1v) is 6.36. The van der Waals surface area contributed by atoms with Crippen molar-refractivity contribution in [2.24, 2.45) is 5.73 Å². The lowest BCUT2D eigenvalue weighted by molar-refractivity contribution is -0.118. The molecule has 0 spiro atoms. The van der Waals surface area contributed by atoms with E-state index in [1.165, 1.54) is 11.1 Å². The summed E-state index contributed by atoms with van der Waals surface area (Å²) in [6.45, 7) is 6.25. The minimum atomic E-state index is 0.0269. The lowest BCUT2D eigenvalue weighted by atomic mass is 9.99. The highest BCUT2D eigenvalue weighted by Gasteiger charge is 2.09. The fourth-order valence-electron chi connectivity index (χ4n) is 1.98. The van der Waals surface area contributed by atoms with Gasteiger partial charge in [0.25, 0.3) is 0 Å². The molecule has 0 amide bonds. The van der Waals surface area contributed by atoms with Crippen LogP contribution in [0.3, 0.4) is 0 Å². The number of nitrogens with two attached hydrogens (primary N) is 1. The SMILES string of the molecule is CCCC(N)CC(=O)Cc1ccc(C)c(C)c1. The molecule has 0 fully saturated rings. The molecular weight excluding hydrogens is 210 g/mol. The number of hydrogen-bond acceptors (Lipinski definition) is 2. The van der Waals surface area contributed by atoms with Crippen LogP contribution in [-0.4, -0.2) is 11.8 Å². The van der Waals surface area contributed by atoms with E-state index in [0.717, 1.165) is 18.4 Å². The van der Waals surface area contributed by atoms with Crippen molar-refractivity contribution in [1.82, 2.24) is 0 Å². The van der Waals surface area contributed by atoms with Crippen LogP contribution < -0.4 is 5.73 Å². The summed E-state index contributed by atoms with van der Waals surface area (Å²) in [6, 6.07) is 6.23. The largest absolute Gasteiger partial charge is 0.327 e. The van der Waals surface area contributed by atoms with Crippen molar-refractivity contribution in [3.8, 4) is 0 Å². The molecular formula is C15H23NO. The van der Waals surface area contributed by atoms with Crippen molar-refractivity contribution < 1.29 is 4.79 Å². The van der Waals surface area contributed by atoms with Crippen LogP contribution in [-0.2, 0) is 11.2 Å². The summed E-state index contributed by atoms with van der Waals surface area (Å²) in [7, 11) is 0. The molecule has 2 nitrogen and oxygen atoms in total. The number of rotatable bonds is 6. The molecule has 2 N–H and O–H groups in total. The van der Waals surface area contributed by atoms with Crippen LogP contribution in [0.15, 0.2) is 18.2 Å². The number of benzene rings is 1. The van der Waals surface area contributed by atoms with Crippen LogP contribution >= 0.6 is 0 Å². The molecule has 0 aliphatic rings. The van der Waals surface area contributed by atoms with Gasteiger partial charge in [0.1, 0.15) is 5.78 Å². The molecule has 0 aliphatic carbocycles. The van der Waals surface area contributed by atoms with E-state index in [-0.39, 0.29) is 11.8 Å². The molecule has 0 radical (unpaired) electrons. The van der Waals surface area contributed by atoms with E-state index in [4.69, 9.17) is 5.73 Å². The molecule has 0 heterocycles. The van der Waals surface area contributed by atoms with Crippen molar-refractivity contribution in [3.63, 3.8) is 0 Å². The van der Waals surface area contributed by atoms with Crippen LogP contribution in [0.2, 0.25) is 0 Å². The Hall–Kier alpha value is -1.15. The van der Waals surface area contributed by atoms with Gasteiger partial charge in [-0.05, 0) is 37.0 Å². The second kappa shape index (κ2) is 6.55. The Bertz CT molecular complexity index is 385. The molecule has 0 saturated carbocycles. The molecule has 1 atom stereocenters. The van der Waals surface area contributed by atoms with Gasteiger partial charge in [-0.2, -0.15) is 0 Å². The first-order chi connectivity index (χ1) is 8.02. The summed E-state index contributed by atoms with van der Waals surface area (Å²) in [6.07, 6.45) is 2.98. The second-order valence-electron chi connectivity index (χ2n) is 4.89. The highest BCUT2D eigenvalue weighted by atomic mass is 16.1. The van der Waals surface area contributed by atoms with Gasteiger partial charge in [0.05, 0.1) is 0 Å². The Balaban J connectivity index is 2.53. The highest BCUT2D eigenvalue weighted by molar-refractivity contribution is 5.81. The number of Topliss-reactive ketones (excluding diaryl/α,β-unsaturated/α-hetero) is 1. The lowest BCUT2D eigenvalue weighted by Gasteiger charge is -2.09. The Morgan fingerprint density at radius 1 is 1.29 bits per heavy atom. The van der Waals surface area contributed by atoms with Gasteiger partial charge in [-0.3, -0.25) is 4.79 Å². The van der Waals surface area contributed by atoms with Crippen LogP contribution in [0, 0.1) is 13.8 Å². The normalized spacial score (nSPS) is 12.5. The number of aryl methyl sites for hydroxylation is 2. The van der Waals surface area contributed by atoms with Gasteiger partial charge in [0, 0.05) is 18.9 Å². The molecule has 1 aromatic carbocycles. The summed E-state index contributed by atoms with van der Waals surface area (Å²) in [4.78, 5) is 11.8. The third kappa shape index (κ3) is 4.70. The zero-order valence-electron chi connectivity index (χ0n) is 11.1. The zero-order valence-corrected chi connectivity index (χ0v) is 11.1. The van der Waals surface area contributed by atoms with E-state index < -0.39 is 0 Å². The molecule has 1 aromatic rings. The van der Waals surface area contributed by atoms with Gasteiger partial charge in [0.2, 0.25) is 0 Å². The Kier molecular flexibility index (Phi) is 5.36. The van der Waals surface area contributed by atoms with Crippen LogP contribution in [0.1, 0.15) is 42.9 Å². The smallest absolute Gasteiger partial charge is 0.138 e. The van der Waals surface area contributed by atoms with E-state index in [0.29, 0.717) is 12.8 Å². The quantitative estimate of drug-likeness (QED) is 0.821. The average molecular weight is 233 g/mol. The van der Waals surface area contributed by atoms with Gasteiger partial charge in [-0.1, -0.05) is 31.5 Å². The topological polar surface area (TPSA) is 43.1 Å². The highest BCUT2D eigenvalue weighted by Crippen LogP contribution is 2.12. The van der Waals surface area contributed by atoms with Crippen LogP contribution in [0.25, 0.3) is 0 Å². The Morgan fingerprint density at radius 2 is 2.00 bits per heavy atom. The third-order valence-corrected chi connectivity index (χ3v) is 3.12. The fraction of sp³-hybridized carbons (Fsp3) is 0.533. The molecule has 0 aliphatic heterocycles. The monoisotopic (exact) mass is 233 g/mol. The average Bonchev–Trinajstić information content (AvgIpc) is 2.23. The summed E-state index contributed by atoms with van der Waals surface area (Å²) in [5.41, 5.74) is 9.48. The molecule has 1 rings (SSSR count). The van der Waals surface area contributed by atoms with E-state index in [2.05, 4.69) is 32.9 Å². The van der Waals surface area contributed by atoms with Crippen LogP contribution in [0.5, 0.6) is 0 Å². The molecule has 1 unspecified atom stereocenters. The summed E-state index contributed by atoms with van der Waals surface area (Å²) >= 11 is 0. The van der Waals surface area contributed by atoms with Crippen LogP contribution in [0.4, 0.5) is 0 Å². The Labute approximate surface area is 104 Å². The predicted molar refractivity (Wildman–Crippen MR) is 72.1 cm³/mol. The van der Waals surface area contributed by atoms with Gasteiger partial charge >= 0.3 is 0 Å². The number of hydrogen-bond donors (Lipinski definition) is 1. The molecule has 0 aromatic heterocycles. The van der Waals surface area contributed by atoms with Crippen molar-refractivity contribution in [3.05, 3.63) is 34.9 Å². The van der Waals surface area contributed by atoms with Gasteiger partial charge in [-0.25, -0.2) is 0 Å². The van der Waals surface area contributed by atoms with Gasteiger partial charge in [0.15, 0.2) is 0 Å². The predicted octanol–water partition coefficient (Wildman–Crippen LogP) is 2.93. The van der Waals surface area contributed by atoms with E-state index >= 15 is 0 Å². The van der Waals surface area contributed by atoms with Gasteiger partial charge < -0.3 is 5.73 Å². The Morgan fingerprint density at radius 3 is 2.59 bits per heavy atom. The summed E-state index contributed by atoms with van der Waals surface area (Å²) in [5, 5.41) is 0. The minimum Gasteiger partial charge on any atom is -0.327 e. The summed E-state index contributed by atoms with van der Waals surface area (Å²) < 4.78 is 0. The van der Waals surface area contributed by atoms with E-state index in [1.807, 2.05) is 6.07 Å². The maximum Gasteiger partial charge on any atom is 0.138 e. The van der Waals surface area contributed by atoms with Crippen molar-refractivity contribution in [1.29, 1.82) is 0 Å². The van der Waals surface area contributed by atoms with E-state index in [9.17, 15) is 4.79 Å². The molecule has 0 bridgehead atoms. The lowest BCUT2D eigenvalue weighted by Crippen LogP contribution is -2.24. The fourth-order valence-corrected chi connectivity index (χ4v) is 1.98. The minimum absolute atomic E-state index is 0.0269. The van der Waals surface area contributed by atoms with Crippen molar-refractivity contribution >= 4 is 5.78 Å². The first kappa shape index (κ1) is 13.9. The van der Waals surface area contributed by atoms with Gasteiger partial charge in [-0.15, -0.1) is 0 Å².